The number of benzene rings is 2. The Labute approximate surface area is 195 Å². The van der Waals surface area contributed by atoms with Crippen LogP contribution in [0.5, 0.6) is 0 Å². The zero-order valence-corrected chi connectivity index (χ0v) is 19.3. The predicted octanol–water partition coefficient (Wildman–Crippen LogP) is 6.42. The second-order valence-corrected chi connectivity index (χ2v) is 10.6. The number of hydrogen-bond acceptors (Lipinski definition) is 6. The number of nitro groups is 1. The summed E-state index contributed by atoms with van der Waals surface area (Å²) in [6.07, 6.45) is 7.54. The van der Waals surface area contributed by atoms with Crippen LogP contribution in [0.4, 0.5) is 5.69 Å². The van der Waals surface area contributed by atoms with Gasteiger partial charge in [0.05, 0.1) is 21.3 Å². The van der Waals surface area contributed by atoms with Gasteiger partial charge in [0.2, 0.25) is 0 Å². The highest BCUT2D eigenvalue weighted by molar-refractivity contribution is 8.26. The maximum Gasteiger partial charge on any atom is 0.283 e. The number of carbonyl (C=O) groups is 1. The van der Waals surface area contributed by atoms with E-state index in [1.165, 1.54) is 31.0 Å². The van der Waals surface area contributed by atoms with Crippen LogP contribution >= 0.6 is 35.7 Å². The molecule has 160 valence electrons. The largest absolute Gasteiger partial charge is 0.288 e. The number of nitrogens with zero attached hydrogens (tertiary/aromatic N) is 2. The summed E-state index contributed by atoms with van der Waals surface area (Å²) in [5, 5.41) is 12.1. The van der Waals surface area contributed by atoms with Gasteiger partial charge in [-0.3, -0.25) is 19.8 Å². The van der Waals surface area contributed by atoms with Crippen molar-refractivity contribution in [3.8, 4) is 0 Å². The van der Waals surface area contributed by atoms with E-state index in [0.29, 0.717) is 31.5 Å². The predicted molar refractivity (Wildman–Crippen MR) is 131 cm³/mol. The molecule has 1 saturated carbocycles. The number of hydrogen-bond donors (Lipinski definition) is 0. The van der Waals surface area contributed by atoms with Crippen molar-refractivity contribution in [2.75, 3.05) is 0 Å². The van der Waals surface area contributed by atoms with Gasteiger partial charge in [-0.25, -0.2) is 0 Å². The number of carbonyl (C=O) groups excluding carboxylic acids is 1. The zero-order valence-electron chi connectivity index (χ0n) is 16.9. The van der Waals surface area contributed by atoms with Gasteiger partial charge in [0.25, 0.3) is 11.6 Å². The Bertz CT molecular complexity index is 1030. The third-order valence-electron chi connectivity index (χ3n) is 5.38. The maximum absolute atomic E-state index is 12.9. The summed E-state index contributed by atoms with van der Waals surface area (Å²) in [4.78, 5) is 27.0. The molecule has 8 heteroatoms. The normalized spacial score (nSPS) is 18.7. The minimum Gasteiger partial charge on any atom is -0.288 e. The third kappa shape index (κ3) is 5.37. The van der Waals surface area contributed by atoms with Crippen LogP contribution in [-0.4, -0.2) is 25.3 Å². The topological polar surface area (TPSA) is 63.4 Å². The van der Waals surface area contributed by atoms with Gasteiger partial charge in [0.15, 0.2) is 0 Å². The smallest absolute Gasteiger partial charge is 0.283 e. The lowest BCUT2D eigenvalue weighted by atomic mass is 10.0. The maximum atomic E-state index is 12.9. The second-order valence-electron chi connectivity index (χ2n) is 7.62. The molecule has 0 aromatic heterocycles. The Hall–Kier alpha value is -2.16. The molecule has 2 aromatic carbocycles. The number of amides is 1. The van der Waals surface area contributed by atoms with Crippen LogP contribution in [0.1, 0.15) is 43.2 Å². The highest BCUT2D eigenvalue weighted by Gasteiger charge is 2.32. The summed E-state index contributed by atoms with van der Waals surface area (Å²) in [6.45, 7) is 0.417. The standard InChI is InChI=1S/C23H22N2O3S3/c26-22-21(31-23(29)24(22)15-16-7-3-1-4-8-16)14-17-11-12-20(19(13-17)25(27)28)30-18-9-5-2-6-10-18/h1,3-4,7-8,11-14,18H,2,5-6,9-10,15H2. The van der Waals surface area contributed by atoms with Crippen LogP contribution in [-0.2, 0) is 11.3 Å². The van der Waals surface area contributed by atoms with Crippen molar-refractivity contribution in [2.24, 2.45) is 0 Å². The monoisotopic (exact) mass is 470 g/mol. The Balaban J connectivity index is 1.53. The van der Waals surface area contributed by atoms with Crippen molar-refractivity contribution < 1.29 is 9.72 Å². The van der Waals surface area contributed by atoms with Gasteiger partial charge >= 0.3 is 0 Å². The van der Waals surface area contributed by atoms with Gasteiger partial charge < -0.3 is 0 Å². The second kappa shape index (κ2) is 9.97. The third-order valence-corrected chi connectivity index (χ3v) is 8.16. The van der Waals surface area contributed by atoms with Gasteiger partial charge in [-0.2, -0.15) is 0 Å². The number of thiocarbonyl (C=S) groups is 1. The molecule has 1 saturated heterocycles. The molecule has 0 atom stereocenters. The van der Waals surface area contributed by atoms with Crippen LogP contribution in [0.15, 0.2) is 58.3 Å². The Morgan fingerprint density at radius 2 is 1.90 bits per heavy atom. The van der Waals surface area contributed by atoms with Crippen LogP contribution in [0.2, 0.25) is 0 Å². The molecule has 31 heavy (non-hydrogen) atoms. The fraction of sp³-hybridized carbons (Fsp3) is 0.304. The van der Waals surface area contributed by atoms with E-state index in [0.717, 1.165) is 18.4 Å². The van der Waals surface area contributed by atoms with Crippen LogP contribution < -0.4 is 0 Å². The van der Waals surface area contributed by atoms with Gasteiger partial charge in [-0.1, -0.05) is 79.6 Å². The molecular formula is C23H22N2O3S3. The van der Waals surface area contributed by atoms with E-state index in [2.05, 4.69) is 0 Å². The van der Waals surface area contributed by atoms with Crippen molar-refractivity contribution in [1.82, 2.24) is 4.90 Å². The Morgan fingerprint density at radius 1 is 1.16 bits per heavy atom. The molecule has 2 fully saturated rings. The van der Waals surface area contributed by atoms with Crippen LogP contribution in [0.25, 0.3) is 6.08 Å². The molecule has 1 aliphatic heterocycles. The lowest BCUT2D eigenvalue weighted by Gasteiger charge is -2.20. The summed E-state index contributed by atoms with van der Waals surface area (Å²) in [5.74, 6) is -0.165. The molecule has 5 nitrogen and oxygen atoms in total. The molecule has 2 aliphatic rings. The molecule has 2 aromatic rings. The SMILES string of the molecule is O=C1C(=Cc2ccc(SC3CCCCC3)c([N+](=O)[O-])c2)SC(=S)N1Cc1ccccc1. The van der Waals surface area contributed by atoms with Crippen molar-refractivity contribution in [3.05, 3.63) is 74.7 Å². The molecule has 1 aliphatic carbocycles. The van der Waals surface area contributed by atoms with Gasteiger partial charge in [0.1, 0.15) is 4.32 Å². The molecule has 0 bridgehead atoms. The molecular weight excluding hydrogens is 448 g/mol. The Kier molecular flexibility index (Phi) is 7.09. The first-order valence-electron chi connectivity index (χ1n) is 10.3. The molecule has 0 N–H and O–H groups in total. The van der Waals surface area contributed by atoms with Crippen molar-refractivity contribution >= 4 is 57.7 Å². The average Bonchev–Trinajstić information content (AvgIpc) is 3.03. The molecule has 0 radical (unpaired) electrons. The number of nitro benzene ring substituents is 1. The lowest BCUT2D eigenvalue weighted by Crippen LogP contribution is -2.27. The first-order chi connectivity index (χ1) is 15.0. The first-order valence-corrected chi connectivity index (χ1v) is 12.4. The fourth-order valence-corrected chi connectivity index (χ4v) is 6.37. The summed E-state index contributed by atoms with van der Waals surface area (Å²) in [5.41, 5.74) is 1.74. The van der Waals surface area contributed by atoms with E-state index < -0.39 is 0 Å². The van der Waals surface area contributed by atoms with E-state index in [-0.39, 0.29) is 16.5 Å². The Morgan fingerprint density at radius 3 is 2.61 bits per heavy atom. The molecule has 1 amide bonds. The van der Waals surface area contributed by atoms with Gasteiger partial charge in [0, 0.05) is 11.3 Å². The quantitative estimate of drug-likeness (QED) is 0.210. The molecule has 1 heterocycles. The minimum absolute atomic E-state index is 0.101. The average molecular weight is 471 g/mol. The molecule has 0 spiro atoms. The van der Waals surface area contributed by atoms with Crippen molar-refractivity contribution in [1.29, 1.82) is 0 Å². The molecule has 4 rings (SSSR count). The zero-order chi connectivity index (χ0) is 21.8. The number of thioether (sulfide) groups is 2. The fourth-order valence-electron chi connectivity index (χ4n) is 3.78. The van der Waals surface area contributed by atoms with Gasteiger partial charge in [-0.15, -0.1) is 11.8 Å². The lowest BCUT2D eigenvalue weighted by molar-refractivity contribution is -0.387. The van der Waals surface area contributed by atoms with Crippen LogP contribution in [0.3, 0.4) is 0 Å². The minimum atomic E-state index is -0.330. The van der Waals surface area contributed by atoms with E-state index >= 15 is 0 Å². The first kappa shape index (κ1) is 22.0. The van der Waals surface area contributed by atoms with E-state index in [1.807, 2.05) is 42.5 Å². The van der Waals surface area contributed by atoms with E-state index in [1.54, 1.807) is 28.8 Å². The summed E-state index contributed by atoms with van der Waals surface area (Å²) in [6, 6.07) is 14.9. The van der Waals surface area contributed by atoms with Crippen molar-refractivity contribution in [3.63, 3.8) is 0 Å². The highest BCUT2D eigenvalue weighted by Crippen LogP contribution is 2.39. The summed E-state index contributed by atoms with van der Waals surface area (Å²) < 4.78 is 0.499. The van der Waals surface area contributed by atoms with E-state index in [9.17, 15) is 14.9 Å². The summed E-state index contributed by atoms with van der Waals surface area (Å²) in [7, 11) is 0. The number of rotatable bonds is 6. The summed E-state index contributed by atoms with van der Waals surface area (Å²) >= 11 is 8.25. The molecule has 0 unspecified atom stereocenters. The van der Waals surface area contributed by atoms with Crippen molar-refractivity contribution in [2.45, 2.75) is 48.8 Å². The highest BCUT2D eigenvalue weighted by atomic mass is 32.2. The van der Waals surface area contributed by atoms with Gasteiger partial charge in [-0.05, 0) is 36.1 Å². The van der Waals surface area contributed by atoms with E-state index in [4.69, 9.17) is 12.2 Å². The van der Waals surface area contributed by atoms with Crippen LogP contribution in [0, 0.1) is 10.1 Å².